The highest BCUT2D eigenvalue weighted by molar-refractivity contribution is 8.77. The van der Waals surface area contributed by atoms with Crippen LogP contribution in [0.5, 0.6) is 5.88 Å². The SMILES string of the molecule is CC[C@H]1O[C@@H](n2cnc3c(OCC[Si](C)(C)C)nc(NCNC(=O)CC4CCSS4)nc32)CC1OP(OCCC#N)N(C(C)C)C(C)C. The van der Waals surface area contributed by atoms with Crippen molar-refractivity contribution in [1.82, 2.24) is 29.5 Å². The number of anilines is 1. The highest BCUT2D eigenvalue weighted by Gasteiger charge is 2.41. The maximum Gasteiger partial charge on any atom is 0.259 e. The number of carbonyl (C=O) groups excluding carboxylic acids is 1. The van der Waals surface area contributed by atoms with Gasteiger partial charge in [-0.05, 0) is 46.6 Å². The van der Waals surface area contributed by atoms with Gasteiger partial charge in [0.05, 0.1) is 50.9 Å². The molecule has 0 spiro atoms. The van der Waals surface area contributed by atoms with Gasteiger partial charge in [0.25, 0.3) is 8.53 Å². The van der Waals surface area contributed by atoms with Crippen molar-refractivity contribution in [2.75, 3.05) is 31.0 Å². The molecule has 4 heterocycles. The Bertz CT molecular complexity index is 1360. The molecule has 5 atom stereocenters. The third-order valence-corrected chi connectivity index (χ3v) is 14.7. The lowest BCUT2D eigenvalue weighted by Crippen LogP contribution is -2.35. The van der Waals surface area contributed by atoms with Gasteiger partial charge in [0, 0.05) is 44.0 Å². The number of nitriles is 1. The van der Waals surface area contributed by atoms with E-state index in [-0.39, 0.29) is 43.1 Å². The fraction of sp³-hybridized carbons (Fsp3) is 0.774. The van der Waals surface area contributed by atoms with Crippen molar-refractivity contribution in [2.45, 2.75) is 128 Å². The van der Waals surface area contributed by atoms with E-state index in [2.05, 4.69) is 85.6 Å². The van der Waals surface area contributed by atoms with Crippen LogP contribution in [-0.2, 0) is 18.6 Å². The van der Waals surface area contributed by atoms with Gasteiger partial charge in [-0.15, -0.1) is 0 Å². The zero-order chi connectivity index (χ0) is 34.8. The van der Waals surface area contributed by atoms with Crippen molar-refractivity contribution < 1.29 is 23.3 Å². The van der Waals surface area contributed by atoms with E-state index in [1.165, 1.54) is 0 Å². The molecule has 48 heavy (non-hydrogen) atoms. The lowest BCUT2D eigenvalue weighted by molar-refractivity contribution is -0.120. The van der Waals surface area contributed by atoms with Gasteiger partial charge < -0.3 is 29.2 Å². The quantitative estimate of drug-likeness (QED) is 0.0505. The molecule has 2 N–H and O–H groups in total. The average molecular weight is 741 g/mol. The van der Waals surface area contributed by atoms with Crippen LogP contribution in [0, 0.1) is 11.3 Å². The standard InChI is InChI=1S/C31H53N8O5PS2Si/c1-9-24-25(44-45(42-13-10-12-32)39(21(2)3)22(4)5)18-27(43-24)38-20-35-28-29(38)36-31(37-30(28)41-14-16-48(6,7)8)34-19-33-26(40)17-23-11-15-46-47-23/h20-25,27H,9-11,13-19H2,1-8H3,(H,33,40)(H,34,36,37)/t23?,24-,25?,27-,45?/m1/s1. The molecule has 17 heteroatoms. The van der Waals surface area contributed by atoms with Crippen LogP contribution in [0.3, 0.4) is 0 Å². The van der Waals surface area contributed by atoms with Crippen LogP contribution >= 0.6 is 30.1 Å². The summed E-state index contributed by atoms with van der Waals surface area (Å²) >= 11 is 0. The number of amides is 1. The summed E-state index contributed by atoms with van der Waals surface area (Å²) in [7, 11) is 0.840. The maximum absolute atomic E-state index is 12.5. The van der Waals surface area contributed by atoms with Crippen molar-refractivity contribution in [1.29, 1.82) is 5.26 Å². The topological polar surface area (TPSA) is 149 Å². The Labute approximate surface area is 295 Å². The van der Waals surface area contributed by atoms with Gasteiger partial charge >= 0.3 is 0 Å². The second-order valence-corrected chi connectivity index (χ2v) is 23.6. The summed E-state index contributed by atoms with van der Waals surface area (Å²) in [6.45, 7) is 18.6. The fourth-order valence-corrected chi connectivity index (χ4v) is 10.9. The Hall–Kier alpha value is -1.70. The normalized spacial score (nSPS) is 22.1. The third-order valence-electron chi connectivity index (χ3n) is 7.93. The summed E-state index contributed by atoms with van der Waals surface area (Å²) in [6, 6.07) is 3.53. The first-order valence-corrected chi connectivity index (χ1v) is 24.2. The molecule has 2 aromatic rings. The van der Waals surface area contributed by atoms with Crippen molar-refractivity contribution >= 4 is 61.2 Å². The molecule has 4 rings (SSSR count). The van der Waals surface area contributed by atoms with Gasteiger partial charge in [-0.25, -0.2) is 9.65 Å². The van der Waals surface area contributed by atoms with Gasteiger partial charge in [-0.2, -0.15) is 15.2 Å². The number of hydrogen-bond donors (Lipinski definition) is 2. The number of nitrogens with zero attached hydrogens (tertiary/aromatic N) is 6. The van der Waals surface area contributed by atoms with Gasteiger partial charge in [-0.3, -0.25) is 9.36 Å². The van der Waals surface area contributed by atoms with E-state index < -0.39 is 16.6 Å². The van der Waals surface area contributed by atoms with Gasteiger partial charge in [0.2, 0.25) is 17.7 Å². The molecule has 268 valence electrons. The summed E-state index contributed by atoms with van der Waals surface area (Å²) in [5.41, 5.74) is 1.14. The molecule has 2 aliphatic rings. The summed E-state index contributed by atoms with van der Waals surface area (Å²) < 4.78 is 29.9. The van der Waals surface area contributed by atoms with Crippen molar-refractivity contribution in [3.05, 3.63) is 6.33 Å². The molecule has 0 saturated carbocycles. The van der Waals surface area contributed by atoms with Crippen LogP contribution in [0.1, 0.15) is 73.0 Å². The number of hydrogen-bond acceptors (Lipinski definition) is 13. The highest BCUT2D eigenvalue weighted by Crippen LogP contribution is 2.50. The van der Waals surface area contributed by atoms with Crippen LogP contribution in [-0.4, -0.2) is 93.3 Å². The third kappa shape index (κ3) is 11.2. The summed E-state index contributed by atoms with van der Waals surface area (Å²) in [5, 5.41) is 15.6. The number of aromatic nitrogens is 4. The molecule has 3 unspecified atom stereocenters. The largest absolute Gasteiger partial charge is 0.476 e. The molecule has 2 aliphatic heterocycles. The number of nitrogens with one attached hydrogen (secondary N) is 2. The number of carbonyl (C=O) groups is 1. The second-order valence-electron chi connectivity index (χ2n) is 13.8. The minimum Gasteiger partial charge on any atom is -0.476 e. The van der Waals surface area contributed by atoms with Gasteiger partial charge in [0.1, 0.15) is 6.23 Å². The molecule has 0 aromatic carbocycles. The minimum absolute atomic E-state index is 0.00120. The van der Waals surface area contributed by atoms with Gasteiger partial charge in [0.15, 0.2) is 11.2 Å². The summed E-state index contributed by atoms with van der Waals surface area (Å²) in [5.74, 6) is 1.84. The minimum atomic E-state index is -1.43. The second kappa shape index (κ2) is 18.5. The summed E-state index contributed by atoms with van der Waals surface area (Å²) in [4.78, 5) is 26.7. The van der Waals surface area contributed by atoms with E-state index in [9.17, 15) is 4.79 Å². The monoisotopic (exact) mass is 740 g/mol. The van der Waals surface area contributed by atoms with E-state index in [1.54, 1.807) is 17.1 Å². The van der Waals surface area contributed by atoms with Crippen LogP contribution in [0.15, 0.2) is 6.33 Å². The van der Waals surface area contributed by atoms with E-state index in [4.69, 9.17) is 28.8 Å². The van der Waals surface area contributed by atoms with E-state index in [1.807, 2.05) is 15.4 Å². The molecule has 2 aromatic heterocycles. The lowest BCUT2D eigenvalue weighted by atomic mass is 10.1. The first kappa shape index (κ1) is 39.1. The Morgan fingerprint density at radius 3 is 2.67 bits per heavy atom. The van der Waals surface area contributed by atoms with Crippen LogP contribution in [0.25, 0.3) is 11.2 Å². The van der Waals surface area contributed by atoms with E-state index >= 15 is 0 Å². The first-order chi connectivity index (χ1) is 22.9. The zero-order valence-electron chi connectivity index (χ0n) is 29.6. The predicted octanol–water partition coefficient (Wildman–Crippen LogP) is 6.93. The maximum atomic E-state index is 12.5. The van der Waals surface area contributed by atoms with E-state index in [0.717, 1.165) is 24.6 Å². The van der Waals surface area contributed by atoms with Crippen molar-refractivity contribution in [2.24, 2.45) is 0 Å². The molecule has 2 saturated heterocycles. The Balaban J connectivity index is 1.54. The Morgan fingerprint density at radius 2 is 2.02 bits per heavy atom. The zero-order valence-corrected chi connectivity index (χ0v) is 33.1. The van der Waals surface area contributed by atoms with E-state index in [0.29, 0.717) is 60.7 Å². The Kier molecular flexibility index (Phi) is 15.1. The molecular formula is C31H53N8O5PS2Si. The van der Waals surface area contributed by atoms with Crippen LogP contribution in [0.2, 0.25) is 25.7 Å². The van der Waals surface area contributed by atoms with Crippen molar-refractivity contribution in [3.8, 4) is 11.9 Å². The summed E-state index contributed by atoms with van der Waals surface area (Å²) in [6.07, 6.45) is 4.12. The number of rotatable bonds is 19. The van der Waals surface area contributed by atoms with Crippen LogP contribution < -0.4 is 15.4 Å². The van der Waals surface area contributed by atoms with Crippen molar-refractivity contribution in [3.63, 3.8) is 0 Å². The fourth-order valence-electron chi connectivity index (χ4n) is 5.50. The molecule has 0 aliphatic carbocycles. The predicted molar refractivity (Wildman–Crippen MR) is 198 cm³/mol. The number of fused-ring (bicyclic) bond motifs is 1. The molecular weight excluding hydrogens is 688 g/mol. The smallest absolute Gasteiger partial charge is 0.259 e. The molecule has 0 bridgehead atoms. The highest BCUT2D eigenvalue weighted by atomic mass is 33.1. The average Bonchev–Trinajstić information content (AvgIpc) is 3.76. The first-order valence-electron chi connectivity index (χ1n) is 17.0. The molecule has 1 amide bonds. The van der Waals surface area contributed by atoms with Gasteiger partial charge in [-0.1, -0.05) is 48.2 Å². The molecule has 13 nitrogen and oxygen atoms in total. The lowest BCUT2D eigenvalue weighted by Gasteiger charge is -2.37. The number of ether oxygens (including phenoxy) is 2. The molecule has 0 radical (unpaired) electrons. The molecule has 2 fully saturated rings. The van der Waals surface area contributed by atoms with Crippen LogP contribution in [0.4, 0.5) is 5.95 Å². The number of imidazole rings is 1. The Morgan fingerprint density at radius 1 is 1.25 bits per heavy atom.